The zero-order valence-corrected chi connectivity index (χ0v) is 31.3. The van der Waals surface area contributed by atoms with Crippen LogP contribution in [0, 0.1) is 11.8 Å². The Morgan fingerprint density at radius 3 is 1.75 bits per heavy atom. The summed E-state index contributed by atoms with van der Waals surface area (Å²) in [5.74, 6) is 1.28. The molecule has 244 valence electrons. The zero-order chi connectivity index (χ0) is 31.9. The van der Waals surface area contributed by atoms with Gasteiger partial charge in [0.25, 0.3) is 8.32 Å². The van der Waals surface area contributed by atoms with Gasteiger partial charge in [-0.05, 0) is 71.1 Å². The lowest BCUT2D eigenvalue weighted by molar-refractivity contribution is 0.150. The molecular formula is C40H64O2Si2. The summed E-state index contributed by atoms with van der Waals surface area (Å²) in [4.78, 5) is 0. The largest absolute Gasteiger partial charge is 0.410 e. The van der Waals surface area contributed by atoms with Crippen LogP contribution in [0.4, 0.5) is 0 Å². The maximum absolute atomic E-state index is 7.10. The lowest BCUT2D eigenvalue weighted by Crippen LogP contribution is -2.66. The van der Waals surface area contributed by atoms with Gasteiger partial charge >= 0.3 is 0 Å². The zero-order valence-electron chi connectivity index (χ0n) is 29.3. The molecule has 0 spiro atoms. The van der Waals surface area contributed by atoms with Crippen molar-refractivity contribution in [2.45, 2.75) is 136 Å². The molecule has 0 saturated heterocycles. The maximum atomic E-state index is 7.10. The van der Waals surface area contributed by atoms with Gasteiger partial charge in [0.2, 0.25) is 0 Å². The van der Waals surface area contributed by atoms with Gasteiger partial charge in [0, 0.05) is 6.61 Å². The second kappa shape index (κ2) is 18.4. The molecule has 3 atom stereocenters. The normalized spacial score (nSPS) is 19.3. The van der Waals surface area contributed by atoms with Crippen LogP contribution in [0.1, 0.15) is 106 Å². The lowest BCUT2D eigenvalue weighted by Gasteiger charge is -2.43. The predicted molar refractivity (Wildman–Crippen MR) is 198 cm³/mol. The first-order valence-corrected chi connectivity index (χ1v) is 22.5. The van der Waals surface area contributed by atoms with Crippen LogP contribution in [0.3, 0.4) is 0 Å². The minimum Gasteiger partial charge on any atom is -0.410 e. The van der Waals surface area contributed by atoms with Gasteiger partial charge in [-0.15, -0.1) is 0 Å². The SMILES string of the molecule is CC/C=C\CC1C(CCCCCCCCO[Si](c2ccccc2)(c2ccccc2)C(C)(C)C)C=CC1O[Si](CC)(CC)CC. The summed E-state index contributed by atoms with van der Waals surface area (Å²) in [6.07, 6.45) is 21.3. The van der Waals surface area contributed by atoms with Crippen LogP contribution >= 0.6 is 0 Å². The molecule has 44 heavy (non-hydrogen) atoms. The summed E-state index contributed by atoms with van der Waals surface area (Å²) >= 11 is 0. The smallest absolute Gasteiger partial charge is 0.261 e. The molecule has 0 fully saturated rings. The van der Waals surface area contributed by atoms with Crippen LogP contribution in [-0.4, -0.2) is 29.3 Å². The highest BCUT2D eigenvalue weighted by Gasteiger charge is 2.50. The molecule has 4 heteroatoms. The molecule has 0 aromatic heterocycles. The van der Waals surface area contributed by atoms with Crippen molar-refractivity contribution < 1.29 is 8.85 Å². The van der Waals surface area contributed by atoms with Crippen LogP contribution in [0.5, 0.6) is 0 Å². The number of rotatable bonds is 20. The number of allylic oxidation sites excluding steroid dienone is 3. The Bertz CT molecular complexity index is 1050. The molecule has 0 aliphatic heterocycles. The highest BCUT2D eigenvalue weighted by atomic mass is 28.4. The summed E-state index contributed by atoms with van der Waals surface area (Å²) in [7, 11) is -4.02. The third-order valence-corrected chi connectivity index (χ3v) is 20.0. The number of hydrogen-bond donors (Lipinski definition) is 0. The molecule has 2 nitrogen and oxygen atoms in total. The van der Waals surface area contributed by atoms with Crippen LogP contribution in [-0.2, 0) is 8.85 Å². The van der Waals surface area contributed by atoms with Gasteiger partial charge < -0.3 is 8.85 Å². The second-order valence-corrected chi connectivity index (χ2v) is 23.1. The molecule has 0 bridgehead atoms. The topological polar surface area (TPSA) is 18.5 Å². The second-order valence-electron chi connectivity index (χ2n) is 14.1. The van der Waals surface area contributed by atoms with Crippen molar-refractivity contribution in [2.75, 3.05) is 6.61 Å². The van der Waals surface area contributed by atoms with Crippen molar-refractivity contribution in [3.63, 3.8) is 0 Å². The van der Waals surface area contributed by atoms with Crippen molar-refractivity contribution in [3.05, 3.63) is 85.0 Å². The van der Waals surface area contributed by atoms with E-state index in [-0.39, 0.29) is 5.04 Å². The van der Waals surface area contributed by atoms with E-state index in [4.69, 9.17) is 8.85 Å². The van der Waals surface area contributed by atoms with Gasteiger partial charge in [-0.1, -0.05) is 166 Å². The Hall–Kier alpha value is -1.73. The van der Waals surface area contributed by atoms with E-state index in [0.29, 0.717) is 17.9 Å². The molecule has 0 saturated carbocycles. The van der Waals surface area contributed by atoms with Gasteiger partial charge in [-0.3, -0.25) is 0 Å². The molecule has 0 heterocycles. The Morgan fingerprint density at radius 1 is 0.682 bits per heavy atom. The van der Waals surface area contributed by atoms with Gasteiger partial charge in [0.05, 0.1) is 6.10 Å². The average Bonchev–Trinajstić information content (AvgIpc) is 3.41. The van der Waals surface area contributed by atoms with E-state index in [1.165, 1.54) is 67.0 Å². The van der Waals surface area contributed by atoms with Crippen molar-refractivity contribution in [1.82, 2.24) is 0 Å². The predicted octanol–water partition coefficient (Wildman–Crippen LogP) is 10.8. The van der Waals surface area contributed by atoms with Crippen molar-refractivity contribution in [1.29, 1.82) is 0 Å². The van der Waals surface area contributed by atoms with Crippen molar-refractivity contribution in [2.24, 2.45) is 11.8 Å². The minimum absolute atomic E-state index is 0.0476. The molecule has 2 aromatic carbocycles. The standard InChI is InChI=1S/C40H64O2Si2/c1-8-12-19-31-38-35(32-33-39(38)42-43(9-2,10-3)11-4)26-20-15-13-14-16-25-34-41-44(40(5,6)7,36-27-21-17-22-28-36)37-29-23-18-24-30-37/h12,17-19,21-24,27-30,32-33,35,38-39H,8-11,13-16,20,25-26,31,34H2,1-7H3/b19-12-. The maximum Gasteiger partial charge on any atom is 0.261 e. The molecule has 2 aromatic rings. The Morgan fingerprint density at radius 2 is 1.23 bits per heavy atom. The van der Waals surface area contributed by atoms with Crippen LogP contribution in [0.15, 0.2) is 85.0 Å². The molecule has 0 radical (unpaired) electrons. The van der Waals surface area contributed by atoms with Gasteiger partial charge in [0.15, 0.2) is 8.32 Å². The van der Waals surface area contributed by atoms with E-state index in [1.54, 1.807) is 0 Å². The fourth-order valence-corrected chi connectivity index (χ4v) is 14.8. The van der Waals surface area contributed by atoms with Crippen LogP contribution in [0.25, 0.3) is 0 Å². The van der Waals surface area contributed by atoms with Crippen LogP contribution < -0.4 is 10.4 Å². The summed E-state index contributed by atoms with van der Waals surface area (Å²) in [5, 5.41) is 2.80. The highest BCUT2D eigenvalue weighted by Crippen LogP contribution is 2.39. The molecule has 1 aliphatic rings. The minimum atomic E-state index is -2.41. The first-order chi connectivity index (χ1) is 21.3. The Kier molecular flexibility index (Phi) is 15.4. The fourth-order valence-electron chi connectivity index (χ4n) is 7.41. The summed E-state index contributed by atoms with van der Waals surface area (Å²) in [5.41, 5.74) is 0. The summed E-state index contributed by atoms with van der Waals surface area (Å²) in [6.45, 7) is 17.2. The van der Waals surface area contributed by atoms with E-state index >= 15 is 0 Å². The molecule has 3 unspecified atom stereocenters. The van der Waals surface area contributed by atoms with Gasteiger partial charge in [-0.25, -0.2) is 0 Å². The quantitative estimate of drug-likeness (QED) is 0.0821. The Labute approximate surface area is 274 Å². The summed E-state index contributed by atoms with van der Waals surface area (Å²) < 4.78 is 14.1. The first-order valence-electron chi connectivity index (χ1n) is 18.0. The van der Waals surface area contributed by atoms with Crippen molar-refractivity contribution in [3.8, 4) is 0 Å². The molecular weight excluding hydrogens is 569 g/mol. The first kappa shape index (κ1) is 36.7. The highest BCUT2D eigenvalue weighted by molar-refractivity contribution is 6.99. The van der Waals surface area contributed by atoms with Gasteiger partial charge in [-0.2, -0.15) is 0 Å². The Balaban J connectivity index is 1.47. The van der Waals surface area contributed by atoms with Gasteiger partial charge in [0.1, 0.15) is 0 Å². The molecule has 0 amide bonds. The van der Waals surface area contributed by atoms with E-state index in [2.05, 4.69) is 133 Å². The molecule has 0 N–H and O–H groups in total. The lowest BCUT2D eigenvalue weighted by atomic mass is 9.86. The number of benzene rings is 2. The average molecular weight is 633 g/mol. The monoisotopic (exact) mass is 632 g/mol. The fraction of sp³-hybridized carbons (Fsp3) is 0.600. The van der Waals surface area contributed by atoms with Crippen molar-refractivity contribution >= 4 is 27.0 Å². The number of unbranched alkanes of at least 4 members (excludes halogenated alkanes) is 5. The molecule has 3 rings (SSSR count). The van der Waals surface area contributed by atoms with E-state index in [0.717, 1.165) is 25.9 Å². The van der Waals surface area contributed by atoms with E-state index < -0.39 is 16.6 Å². The third-order valence-electron chi connectivity index (χ3n) is 10.3. The van der Waals surface area contributed by atoms with E-state index in [1.807, 2.05) is 0 Å². The summed E-state index contributed by atoms with van der Waals surface area (Å²) in [6, 6.07) is 25.8. The van der Waals surface area contributed by atoms with Crippen LogP contribution in [0.2, 0.25) is 23.2 Å². The van der Waals surface area contributed by atoms with E-state index in [9.17, 15) is 0 Å². The molecule has 1 aliphatic carbocycles. The number of hydrogen-bond acceptors (Lipinski definition) is 2. The third kappa shape index (κ3) is 9.64.